The zero-order valence-electron chi connectivity index (χ0n) is 11.4. The maximum atomic E-state index is 11.1. The van der Waals surface area contributed by atoms with Crippen LogP contribution >= 0.6 is 0 Å². The molecular weight excluding hydrogens is 228 g/mol. The van der Waals surface area contributed by atoms with Gasteiger partial charge in [-0.25, -0.2) is 4.79 Å². The molecule has 1 rings (SSSR count). The number of anilines is 1. The number of aromatic carboxylic acids is 1. The van der Waals surface area contributed by atoms with E-state index in [9.17, 15) is 4.79 Å². The summed E-state index contributed by atoms with van der Waals surface area (Å²) in [6, 6.07) is 5.36. The van der Waals surface area contributed by atoms with Crippen molar-refractivity contribution in [3.8, 4) is 0 Å². The van der Waals surface area contributed by atoms with Gasteiger partial charge >= 0.3 is 5.97 Å². The molecule has 4 heteroatoms. The summed E-state index contributed by atoms with van der Waals surface area (Å²) in [5.74, 6) is -0.884. The van der Waals surface area contributed by atoms with Crippen molar-refractivity contribution in [1.29, 1.82) is 0 Å². The van der Waals surface area contributed by atoms with E-state index in [1.807, 2.05) is 19.1 Å². The first-order valence-corrected chi connectivity index (χ1v) is 6.23. The monoisotopic (exact) mass is 250 g/mol. The number of nitrogens with zero attached hydrogens (tertiary/aromatic N) is 1. The van der Waals surface area contributed by atoms with Gasteiger partial charge in [0.2, 0.25) is 0 Å². The molecule has 0 aliphatic rings. The molecule has 1 aromatic carbocycles. The quantitative estimate of drug-likeness (QED) is 0.730. The number of carboxylic acid groups (broad SMARTS) is 1. The number of hydrogen-bond donors (Lipinski definition) is 2. The van der Waals surface area contributed by atoms with Crippen LogP contribution in [0.1, 0.15) is 28.8 Å². The normalized spacial score (nSPS) is 10.7. The van der Waals surface area contributed by atoms with Crippen molar-refractivity contribution < 1.29 is 9.90 Å². The molecule has 0 heterocycles. The van der Waals surface area contributed by atoms with Gasteiger partial charge in [0, 0.05) is 12.2 Å². The summed E-state index contributed by atoms with van der Waals surface area (Å²) >= 11 is 0. The Morgan fingerprint density at radius 2 is 2.06 bits per heavy atom. The molecule has 0 amide bonds. The molecule has 2 N–H and O–H groups in total. The SMILES string of the molecule is Cc1ccc(C(=O)O)c(NCCCCN(C)C)c1. The second kappa shape index (κ2) is 7.01. The molecule has 0 saturated heterocycles. The highest BCUT2D eigenvalue weighted by Crippen LogP contribution is 2.17. The van der Waals surface area contributed by atoms with Crippen LogP contribution in [0.4, 0.5) is 5.69 Å². The van der Waals surface area contributed by atoms with Crippen LogP contribution in [0.2, 0.25) is 0 Å². The maximum Gasteiger partial charge on any atom is 0.337 e. The van der Waals surface area contributed by atoms with Crippen molar-refractivity contribution in [2.75, 3.05) is 32.5 Å². The fraction of sp³-hybridized carbons (Fsp3) is 0.500. The molecule has 0 aliphatic heterocycles. The first kappa shape index (κ1) is 14.5. The molecule has 0 aliphatic carbocycles. The van der Waals surface area contributed by atoms with E-state index in [4.69, 9.17) is 5.11 Å². The molecule has 0 atom stereocenters. The molecule has 4 nitrogen and oxygen atoms in total. The summed E-state index contributed by atoms with van der Waals surface area (Å²) in [4.78, 5) is 13.2. The number of rotatable bonds is 7. The largest absolute Gasteiger partial charge is 0.478 e. The number of unbranched alkanes of at least 4 members (excludes halogenated alkanes) is 1. The Hall–Kier alpha value is -1.55. The van der Waals surface area contributed by atoms with E-state index in [1.165, 1.54) is 0 Å². The van der Waals surface area contributed by atoms with Crippen LogP contribution in [-0.2, 0) is 0 Å². The topological polar surface area (TPSA) is 52.6 Å². The Balaban J connectivity index is 2.50. The molecule has 100 valence electrons. The van der Waals surface area contributed by atoms with Crippen molar-refractivity contribution in [2.24, 2.45) is 0 Å². The summed E-state index contributed by atoms with van der Waals surface area (Å²) in [6.07, 6.45) is 2.14. The summed E-state index contributed by atoms with van der Waals surface area (Å²) in [5, 5.41) is 12.3. The van der Waals surface area contributed by atoms with E-state index in [1.54, 1.807) is 6.07 Å². The third-order valence-corrected chi connectivity index (χ3v) is 2.75. The number of carboxylic acids is 1. The average Bonchev–Trinajstić information content (AvgIpc) is 2.27. The first-order chi connectivity index (χ1) is 8.50. The predicted molar refractivity (Wildman–Crippen MR) is 74.4 cm³/mol. The molecule has 0 unspecified atom stereocenters. The zero-order valence-corrected chi connectivity index (χ0v) is 11.4. The second-order valence-electron chi connectivity index (χ2n) is 4.79. The summed E-state index contributed by atoms with van der Waals surface area (Å²) in [6.45, 7) is 3.82. The summed E-state index contributed by atoms with van der Waals surface area (Å²) in [7, 11) is 4.10. The number of benzene rings is 1. The highest BCUT2D eigenvalue weighted by molar-refractivity contribution is 5.94. The fourth-order valence-corrected chi connectivity index (χ4v) is 1.77. The Labute approximate surface area is 109 Å². The molecule has 0 saturated carbocycles. The van der Waals surface area contributed by atoms with Gasteiger partial charge in [-0.3, -0.25) is 0 Å². The van der Waals surface area contributed by atoms with Crippen molar-refractivity contribution in [1.82, 2.24) is 4.90 Å². The number of nitrogens with one attached hydrogen (secondary N) is 1. The Bertz CT molecular complexity index is 403. The molecular formula is C14H22N2O2. The van der Waals surface area contributed by atoms with Crippen LogP contribution in [0.3, 0.4) is 0 Å². The van der Waals surface area contributed by atoms with Gasteiger partial charge in [0.05, 0.1) is 5.56 Å². The molecule has 0 aromatic heterocycles. The van der Waals surface area contributed by atoms with Gasteiger partial charge in [-0.2, -0.15) is 0 Å². The van der Waals surface area contributed by atoms with Crippen molar-refractivity contribution in [3.05, 3.63) is 29.3 Å². The van der Waals surface area contributed by atoms with Gasteiger partial charge in [0.1, 0.15) is 0 Å². The van der Waals surface area contributed by atoms with Crippen molar-refractivity contribution in [3.63, 3.8) is 0 Å². The van der Waals surface area contributed by atoms with Gasteiger partial charge in [0.15, 0.2) is 0 Å². The molecule has 0 spiro atoms. The van der Waals surface area contributed by atoms with Crippen LogP contribution in [0.25, 0.3) is 0 Å². The van der Waals surface area contributed by atoms with Gasteiger partial charge in [-0.15, -0.1) is 0 Å². The Morgan fingerprint density at radius 3 is 2.67 bits per heavy atom. The number of carbonyl (C=O) groups is 1. The van der Waals surface area contributed by atoms with Crippen LogP contribution in [0.5, 0.6) is 0 Å². The van der Waals surface area contributed by atoms with Gasteiger partial charge in [-0.05, 0) is 58.1 Å². The second-order valence-corrected chi connectivity index (χ2v) is 4.79. The zero-order chi connectivity index (χ0) is 13.5. The van der Waals surface area contributed by atoms with E-state index >= 15 is 0 Å². The Morgan fingerprint density at radius 1 is 1.33 bits per heavy atom. The van der Waals surface area contributed by atoms with Crippen LogP contribution in [0.15, 0.2) is 18.2 Å². The minimum Gasteiger partial charge on any atom is -0.478 e. The van der Waals surface area contributed by atoms with Gasteiger partial charge in [0.25, 0.3) is 0 Å². The average molecular weight is 250 g/mol. The van der Waals surface area contributed by atoms with E-state index in [2.05, 4.69) is 24.3 Å². The highest BCUT2D eigenvalue weighted by Gasteiger charge is 2.09. The lowest BCUT2D eigenvalue weighted by Gasteiger charge is -2.12. The fourth-order valence-electron chi connectivity index (χ4n) is 1.77. The lowest BCUT2D eigenvalue weighted by Crippen LogP contribution is -2.14. The Kier molecular flexibility index (Phi) is 5.65. The molecule has 0 fully saturated rings. The highest BCUT2D eigenvalue weighted by atomic mass is 16.4. The molecule has 1 aromatic rings. The predicted octanol–water partition coefficient (Wildman–Crippen LogP) is 2.45. The van der Waals surface area contributed by atoms with Crippen LogP contribution in [-0.4, -0.2) is 43.2 Å². The van der Waals surface area contributed by atoms with Crippen LogP contribution < -0.4 is 5.32 Å². The minimum atomic E-state index is -0.884. The van der Waals surface area contributed by atoms with Crippen LogP contribution in [0, 0.1) is 6.92 Å². The van der Waals surface area contributed by atoms with E-state index in [0.29, 0.717) is 11.3 Å². The standard InChI is InChI=1S/C14H22N2O2/c1-11-6-7-12(14(17)18)13(10-11)15-8-4-5-9-16(2)3/h6-7,10,15H,4-5,8-9H2,1-3H3,(H,17,18). The summed E-state index contributed by atoms with van der Waals surface area (Å²) < 4.78 is 0. The molecule has 0 bridgehead atoms. The third kappa shape index (κ3) is 4.75. The first-order valence-electron chi connectivity index (χ1n) is 6.23. The number of aryl methyl sites for hydroxylation is 1. The van der Waals surface area contributed by atoms with Gasteiger partial charge < -0.3 is 15.3 Å². The smallest absolute Gasteiger partial charge is 0.337 e. The van der Waals surface area contributed by atoms with E-state index in [0.717, 1.165) is 31.5 Å². The lowest BCUT2D eigenvalue weighted by atomic mass is 10.1. The van der Waals surface area contributed by atoms with Crippen molar-refractivity contribution in [2.45, 2.75) is 19.8 Å². The minimum absolute atomic E-state index is 0.341. The van der Waals surface area contributed by atoms with E-state index < -0.39 is 5.97 Å². The molecule has 0 radical (unpaired) electrons. The molecule has 18 heavy (non-hydrogen) atoms. The summed E-state index contributed by atoms with van der Waals surface area (Å²) in [5.41, 5.74) is 2.12. The maximum absolute atomic E-state index is 11.1. The third-order valence-electron chi connectivity index (χ3n) is 2.75. The van der Waals surface area contributed by atoms with Crippen molar-refractivity contribution >= 4 is 11.7 Å². The number of hydrogen-bond acceptors (Lipinski definition) is 3. The van der Waals surface area contributed by atoms with E-state index in [-0.39, 0.29) is 0 Å². The van der Waals surface area contributed by atoms with Gasteiger partial charge in [-0.1, -0.05) is 6.07 Å². The lowest BCUT2D eigenvalue weighted by molar-refractivity contribution is 0.0698.